The molecule has 1 unspecified atom stereocenters. The van der Waals surface area contributed by atoms with Gasteiger partial charge in [0.15, 0.2) is 0 Å². The van der Waals surface area contributed by atoms with Crippen molar-refractivity contribution >= 4 is 23.2 Å². The van der Waals surface area contributed by atoms with E-state index in [1.54, 1.807) is 0 Å². The Morgan fingerprint density at radius 1 is 1.05 bits per heavy atom. The van der Waals surface area contributed by atoms with Gasteiger partial charge in [-0.05, 0) is 38.0 Å². The Morgan fingerprint density at radius 2 is 1.60 bits per heavy atom. The normalized spacial score (nSPS) is 12.4. The molecule has 2 aromatic carbocycles. The standard InChI is InChI=1S/C16H18Cl2N2/c1-10-6-11(2)8-12(7-10)9-15(20-19)16-13(17)4-3-5-14(16)18/h3-8,15,20H,9,19H2,1-2H3. The molecule has 0 spiro atoms. The smallest absolute Gasteiger partial charge is 0.0529 e. The number of benzene rings is 2. The fourth-order valence-corrected chi connectivity index (χ4v) is 3.17. The van der Waals surface area contributed by atoms with E-state index in [4.69, 9.17) is 29.0 Å². The van der Waals surface area contributed by atoms with Crippen molar-refractivity contribution in [1.29, 1.82) is 0 Å². The van der Waals surface area contributed by atoms with Crippen LogP contribution >= 0.6 is 23.2 Å². The van der Waals surface area contributed by atoms with Crippen LogP contribution in [0.4, 0.5) is 0 Å². The summed E-state index contributed by atoms with van der Waals surface area (Å²) in [5.41, 5.74) is 7.35. The zero-order valence-corrected chi connectivity index (χ0v) is 13.1. The van der Waals surface area contributed by atoms with Crippen molar-refractivity contribution in [2.75, 3.05) is 0 Å². The molecule has 0 fully saturated rings. The molecule has 3 N–H and O–H groups in total. The summed E-state index contributed by atoms with van der Waals surface area (Å²) in [6.07, 6.45) is 0.739. The number of aryl methyl sites for hydroxylation is 2. The van der Waals surface area contributed by atoms with Crippen LogP contribution in [0.15, 0.2) is 36.4 Å². The summed E-state index contributed by atoms with van der Waals surface area (Å²) >= 11 is 12.5. The van der Waals surface area contributed by atoms with Crippen LogP contribution in [0.3, 0.4) is 0 Å². The van der Waals surface area contributed by atoms with Crippen LogP contribution in [0.1, 0.15) is 28.3 Å². The lowest BCUT2D eigenvalue weighted by Gasteiger charge is -2.19. The lowest BCUT2D eigenvalue weighted by atomic mass is 9.97. The van der Waals surface area contributed by atoms with Crippen molar-refractivity contribution in [3.63, 3.8) is 0 Å². The second-order valence-electron chi connectivity index (χ2n) is 5.05. The average Bonchev–Trinajstić information content (AvgIpc) is 2.36. The van der Waals surface area contributed by atoms with E-state index in [-0.39, 0.29) is 6.04 Å². The third kappa shape index (κ3) is 3.53. The van der Waals surface area contributed by atoms with Crippen molar-refractivity contribution in [3.8, 4) is 0 Å². The number of nitrogens with one attached hydrogen (secondary N) is 1. The van der Waals surface area contributed by atoms with Crippen LogP contribution in [-0.2, 0) is 6.42 Å². The molecule has 0 radical (unpaired) electrons. The Labute approximate surface area is 129 Å². The average molecular weight is 309 g/mol. The van der Waals surface area contributed by atoms with Gasteiger partial charge >= 0.3 is 0 Å². The summed E-state index contributed by atoms with van der Waals surface area (Å²) in [6.45, 7) is 4.17. The highest BCUT2D eigenvalue weighted by Gasteiger charge is 2.17. The quantitative estimate of drug-likeness (QED) is 0.650. The molecular weight excluding hydrogens is 291 g/mol. The zero-order valence-electron chi connectivity index (χ0n) is 11.6. The van der Waals surface area contributed by atoms with Gasteiger partial charge in [-0.3, -0.25) is 11.3 Å². The third-order valence-corrected chi connectivity index (χ3v) is 3.93. The fraction of sp³-hybridized carbons (Fsp3) is 0.250. The topological polar surface area (TPSA) is 38.0 Å². The lowest BCUT2D eigenvalue weighted by Crippen LogP contribution is -2.30. The molecule has 2 aromatic rings. The lowest BCUT2D eigenvalue weighted by molar-refractivity contribution is 0.552. The predicted molar refractivity (Wildman–Crippen MR) is 86.1 cm³/mol. The number of hydrogen-bond donors (Lipinski definition) is 2. The Balaban J connectivity index is 2.34. The molecule has 2 rings (SSSR count). The summed E-state index contributed by atoms with van der Waals surface area (Å²) in [5, 5.41) is 1.26. The van der Waals surface area contributed by atoms with Crippen molar-refractivity contribution in [2.24, 2.45) is 5.84 Å². The van der Waals surface area contributed by atoms with E-state index in [0.29, 0.717) is 10.0 Å². The molecule has 0 amide bonds. The van der Waals surface area contributed by atoms with Gasteiger partial charge in [0.2, 0.25) is 0 Å². The van der Waals surface area contributed by atoms with Crippen molar-refractivity contribution < 1.29 is 0 Å². The molecule has 1 atom stereocenters. The molecule has 0 heterocycles. The van der Waals surface area contributed by atoms with Crippen LogP contribution in [0.2, 0.25) is 10.0 Å². The van der Waals surface area contributed by atoms with E-state index in [1.807, 2.05) is 18.2 Å². The first-order valence-electron chi connectivity index (χ1n) is 6.48. The summed E-state index contributed by atoms with van der Waals surface area (Å²) in [6, 6.07) is 11.8. The maximum atomic E-state index is 6.25. The highest BCUT2D eigenvalue weighted by molar-refractivity contribution is 6.36. The maximum Gasteiger partial charge on any atom is 0.0529 e. The molecule has 0 aliphatic heterocycles. The van der Waals surface area contributed by atoms with Crippen molar-refractivity contribution in [3.05, 3.63) is 68.7 Å². The highest BCUT2D eigenvalue weighted by atomic mass is 35.5. The minimum Gasteiger partial charge on any atom is -0.271 e. The van der Waals surface area contributed by atoms with Crippen LogP contribution in [-0.4, -0.2) is 0 Å². The van der Waals surface area contributed by atoms with Crippen molar-refractivity contribution in [2.45, 2.75) is 26.3 Å². The summed E-state index contributed by atoms with van der Waals surface area (Å²) in [5.74, 6) is 5.70. The van der Waals surface area contributed by atoms with E-state index in [0.717, 1.165) is 12.0 Å². The first-order chi connectivity index (χ1) is 9.51. The Kier molecular flexibility index (Phi) is 5.06. The molecule has 0 aliphatic carbocycles. The van der Waals surface area contributed by atoms with Crippen molar-refractivity contribution in [1.82, 2.24) is 5.43 Å². The third-order valence-electron chi connectivity index (χ3n) is 3.27. The molecule has 0 bridgehead atoms. The SMILES string of the molecule is Cc1cc(C)cc(CC(NN)c2c(Cl)cccc2Cl)c1. The molecule has 0 saturated heterocycles. The molecule has 0 saturated carbocycles. The number of hydrogen-bond acceptors (Lipinski definition) is 2. The van der Waals surface area contributed by atoms with E-state index in [1.165, 1.54) is 16.7 Å². The summed E-state index contributed by atoms with van der Waals surface area (Å²) in [7, 11) is 0. The first-order valence-corrected chi connectivity index (χ1v) is 7.24. The Morgan fingerprint density at radius 3 is 2.10 bits per heavy atom. The van der Waals surface area contributed by atoms with Crippen LogP contribution in [0, 0.1) is 13.8 Å². The van der Waals surface area contributed by atoms with Gasteiger partial charge in [0.25, 0.3) is 0 Å². The number of hydrazine groups is 1. The second-order valence-corrected chi connectivity index (χ2v) is 5.87. The molecule has 4 heteroatoms. The zero-order chi connectivity index (χ0) is 14.7. The van der Waals surface area contributed by atoms with Gasteiger partial charge in [-0.15, -0.1) is 0 Å². The summed E-state index contributed by atoms with van der Waals surface area (Å²) < 4.78 is 0. The molecule has 20 heavy (non-hydrogen) atoms. The van der Waals surface area contributed by atoms with Gasteiger partial charge in [0.05, 0.1) is 6.04 Å². The minimum atomic E-state index is -0.114. The molecule has 106 valence electrons. The predicted octanol–water partition coefficient (Wildman–Crippen LogP) is 4.36. The maximum absolute atomic E-state index is 6.25. The first kappa shape index (κ1) is 15.3. The van der Waals surface area contributed by atoms with Gasteiger partial charge in [0, 0.05) is 15.6 Å². The van der Waals surface area contributed by atoms with Crippen LogP contribution < -0.4 is 11.3 Å². The molecular formula is C16H18Cl2N2. The Hall–Kier alpha value is -1.06. The number of nitrogens with two attached hydrogens (primary N) is 1. The van der Waals surface area contributed by atoms with Crippen LogP contribution in [0.5, 0.6) is 0 Å². The van der Waals surface area contributed by atoms with Gasteiger partial charge in [0.1, 0.15) is 0 Å². The largest absolute Gasteiger partial charge is 0.271 e. The minimum absolute atomic E-state index is 0.114. The van der Waals surface area contributed by atoms with Crippen LogP contribution in [0.25, 0.3) is 0 Å². The number of halogens is 2. The van der Waals surface area contributed by atoms with E-state index < -0.39 is 0 Å². The highest BCUT2D eigenvalue weighted by Crippen LogP contribution is 2.32. The molecule has 0 aliphatic rings. The molecule has 0 aromatic heterocycles. The number of rotatable bonds is 4. The monoisotopic (exact) mass is 308 g/mol. The summed E-state index contributed by atoms with van der Waals surface area (Å²) in [4.78, 5) is 0. The van der Waals surface area contributed by atoms with Gasteiger partial charge < -0.3 is 0 Å². The van der Waals surface area contributed by atoms with E-state index in [9.17, 15) is 0 Å². The van der Waals surface area contributed by atoms with Gasteiger partial charge in [-0.1, -0.05) is 58.6 Å². The van der Waals surface area contributed by atoms with E-state index in [2.05, 4.69) is 37.5 Å². The van der Waals surface area contributed by atoms with Gasteiger partial charge in [-0.25, -0.2) is 0 Å². The van der Waals surface area contributed by atoms with E-state index >= 15 is 0 Å². The second kappa shape index (κ2) is 6.59. The molecule has 2 nitrogen and oxygen atoms in total. The van der Waals surface area contributed by atoms with Gasteiger partial charge in [-0.2, -0.15) is 0 Å². The fourth-order valence-electron chi connectivity index (χ4n) is 2.51. The Bertz CT molecular complexity index is 571.